The van der Waals surface area contributed by atoms with Gasteiger partial charge in [0, 0.05) is 14.5 Å². The van der Waals surface area contributed by atoms with Gasteiger partial charge in [-0.15, -0.1) is 0 Å². The van der Waals surface area contributed by atoms with Gasteiger partial charge in [0.25, 0.3) is 0 Å². The van der Waals surface area contributed by atoms with Crippen molar-refractivity contribution in [2.24, 2.45) is 5.10 Å². The Morgan fingerprint density at radius 3 is 2.73 bits per heavy atom. The van der Waals surface area contributed by atoms with Crippen LogP contribution in [0.15, 0.2) is 62.6 Å². The van der Waals surface area contributed by atoms with E-state index < -0.39 is 0 Å². The van der Waals surface area contributed by atoms with Crippen LogP contribution in [0.2, 0.25) is 0 Å². The molecule has 0 spiro atoms. The fourth-order valence-corrected chi connectivity index (χ4v) is 2.99. The lowest BCUT2D eigenvalue weighted by atomic mass is 10.2. The van der Waals surface area contributed by atoms with Crippen molar-refractivity contribution in [2.75, 3.05) is 0 Å². The number of aromatic nitrogens is 3. The summed E-state index contributed by atoms with van der Waals surface area (Å²) < 4.78 is 3.98. The number of halogens is 2. The van der Waals surface area contributed by atoms with E-state index in [1.54, 1.807) is 10.9 Å². The zero-order chi connectivity index (χ0) is 15.5. The molecule has 3 aromatic rings. The number of benzene rings is 2. The van der Waals surface area contributed by atoms with E-state index in [4.69, 9.17) is 12.2 Å². The van der Waals surface area contributed by atoms with Crippen LogP contribution in [-0.2, 0) is 0 Å². The Morgan fingerprint density at radius 1 is 1.14 bits per heavy atom. The maximum atomic E-state index is 5.26. The first-order valence-corrected chi connectivity index (χ1v) is 8.37. The molecular formula is C15H10Br2N4S. The molecule has 7 heteroatoms. The predicted molar refractivity (Wildman–Crippen MR) is 97.7 cm³/mol. The van der Waals surface area contributed by atoms with E-state index in [0.717, 1.165) is 20.1 Å². The first kappa shape index (κ1) is 15.3. The van der Waals surface area contributed by atoms with Crippen molar-refractivity contribution < 1.29 is 0 Å². The average Bonchev–Trinajstić information content (AvgIpc) is 2.87. The monoisotopic (exact) mass is 436 g/mol. The molecule has 0 bridgehead atoms. The normalized spacial score (nSPS) is 11.2. The third-order valence-corrected chi connectivity index (χ3v) is 4.39. The van der Waals surface area contributed by atoms with Crippen molar-refractivity contribution in [1.29, 1.82) is 0 Å². The minimum Gasteiger partial charge on any atom is -0.250 e. The quantitative estimate of drug-likeness (QED) is 0.462. The van der Waals surface area contributed by atoms with Gasteiger partial charge in [0.15, 0.2) is 5.82 Å². The lowest BCUT2D eigenvalue weighted by Gasteiger charge is -2.03. The van der Waals surface area contributed by atoms with Gasteiger partial charge in [0.1, 0.15) is 0 Å². The molecule has 4 nitrogen and oxygen atoms in total. The zero-order valence-corrected chi connectivity index (χ0v) is 15.2. The Bertz CT molecular complexity index is 898. The van der Waals surface area contributed by atoms with Gasteiger partial charge in [0.2, 0.25) is 4.77 Å². The van der Waals surface area contributed by atoms with E-state index in [-0.39, 0.29) is 0 Å². The molecular weight excluding hydrogens is 428 g/mol. The Balaban J connectivity index is 2.04. The lowest BCUT2D eigenvalue weighted by molar-refractivity contribution is 0.871. The number of hydrogen-bond donors (Lipinski definition) is 1. The van der Waals surface area contributed by atoms with Crippen LogP contribution in [0.5, 0.6) is 0 Å². The van der Waals surface area contributed by atoms with E-state index in [2.05, 4.69) is 47.2 Å². The highest BCUT2D eigenvalue weighted by molar-refractivity contribution is 9.10. The molecule has 110 valence electrons. The molecule has 1 aromatic heterocycles. The third-order valence-electron chi connectivity index (χ3n) is 2.94. The molecule has 0 unspecified atom stereocenters. The topological polar surface area (TPSA) is 46.0 Å². The zero-order valence-electron chi connectivity index (χ0n) is 11.2. The van der Waals surface area contributed by atoms with Gasteiger partial charge < -0.3 is 0 Å². The summed E-state index contributed by atoms with van der Waals surface area (Å²) in [5.74, 6) is 0.656. The number of nitrogens with zero attached hydrogens (tertiary/aromatic N) is 3. The van der Waals surface area contributed by atoms with Crippen molar-refractivity contribution in [3.63, 3.8) is 0 Å². The SMILES string of the molecule is S=c1[nH]nc(-c2ccccc2Br)n1N=Cc1cccc(Br)c1. The summed E-state index contributed by atoms with van der Waals surface area (Å²) in [4.78, 5) is 0. The first-order valence-electron chi connectivity index (χ1n) is 6.37. The van der Waals surface area contributed by atoms with Crippen molar-refractivity contribution in [2.45, 2.75) is 0 Å². The highest BCUT2D eigenvalue weighted by atomic mass is 79.9. The largest absolute Gasteiger partial charge is 0.250 e. The number of H-pyrrole nitrogens is 1. The Labute approximate surface area is 149 Å². The van der Waals surface area contributed by atoms with Crippen LogP contribution in [-0.4, -0.2) is 21.1 Å². The summed E-state index contributed by atoms with van der Waals surface area (Å²) in [6, 6.07) is 15.7. The smallest absolute Gasteiger partial charge is 0.216 e. The average molecular weight is 438 g/mol. The van der Waals surface area contributed by atoms with Gasteiger partial charge in [-0.25, -0.2) is 5.10 Å². The van der Waals surface area contributed by atoms with Gasteiger partial charge in [0.05, 0.1) is 6.21 Å². The van der Waals surface area contributed by atoms with Crippen LogP contribution >= 0.6 is 44.1 Å². The molecule has 1 heterocycles. The molecule has 22 heavy (non-hydrogen) atoms. The molecule has 0 fully saturated rings. The summed E-state index contributed by atoms with van der Waals surface area (Å²) in [5, 5.41) is 11.5. The molecule has 0 aliphatic rings. The summed E-state index contributed by atoms with van der Waals surface area (Å²) in [7, 11) is 0. The van der Waals surface area contributed by atoms with Crippen LogP contribution in [0.25, 0.3) is 11.4 Å². The standard InChI is InChI=1S/C15H10Br2N4S/c16-11-5-3-4-10(8-11)9-18-21-14(19-20-15(21)22)12-6-1-2-7-13(12)17/h1-9H,(H,20,22). The maximum Gasteiger partial charge on any atom is 0.216 e. The molecule has 0 aliphatic carbocycles. The Morgan fingerprint density at radius 2 is 1.95 bits per heavy atom. The van der Waals surface area contributed by atoms with E-state index in [9.17, 15) is 0 Å². The van der Waals surface area contributed by atoms with Crippen LogP contribution < -0.4 is 0 Å². The predicted octanol–water partition coefficient (Wildman–Crippen LogP) is 5.01. The van der Waals surface area contributed by atoms with E-state index in [1.807, 2.05) is 48.5 Å². The van der Waals surface area contributed by atoms with E-state index in [0.29, 0.717) is 10.6 Å². The van der Waals surface area contributed by atoms with Crippen molar-refractivity contribution in [3.05, 3.63) is 67.8 Å². The fourth-order valence-electron chi connectivity index (χ4n) is 1.93. The minimum absolute atomic E-state index is 0.442. The second kappa shape index (κ2) is 6.68. The number of hydrogen-bond acceptors (Lipinski definition) is 3. The van der Waals surface area contributed by atoms with Crippen molar-refractivity contribution in [3.8, 4) is 11.4 Å². The van der Waals surface area contributed by atoms with Crippen LogP contribution in [0.3, 0.4) is 0 Å². The first-order chi connectivity index (χ1) is 10.6. The molecule has 0 saturated carbocycles. The minimum atomic E-state index is 0.442. The molecule has 0 radical (unpaired) electrons. The summed E-state index contributed by atoms with van der Waals surface area (Å²) >= 11 is 12.2. The van der Waals surface area contributed by atoms with Gasteiger partial charge in [-0.1, -0.05) is 56.1 Å². The second-order valence-corrected chi connectivity index (χ2v) is 6.60. The van der Waals surface area contributed by atoms with Crippen LogP contribution in [0.1, 0.15) is 5.56 Å². The lowest BCUT2D eigenvalue weighted by Crippen LogP contribution is -1.95. The van der Waals surface area contributed by atoms with Gasteiger partial charge in [-0.3, -0.25) is 0 Å². The number of aromatic amines is 1. The third kappa shape index (κ3) is 3.26. The Kier molecular flexibility index (Phi) is 4.66. The summed E-state index contributed by atoms with van der Waals surface area (Å²) in [5.41, 5.74) is 1.89. The van der Waals surface area contributed by atoms with Gasteiger partial charge >= 0.3 is 0 Å². The molecule has 1 N–H and O–H groups in total. The molecule has 0 aliphatic heterocycles. The van der Waals surface area contributed by atoms with Gasteiger partial charge in [-0.2, -0.15) is 14.9 Å². The molecule has 2 aromatic carbocycles. The molecule has 0 saturated heterocycles. The van der Waals surface area contributed by atoms with Crippen molar-refractivity contribution in [1.82, 2.24) is 14.9 Å². The fraction of sp³-hybridized carbons (Fsp3) is 0. The van der Waals surface area contributed by atoms with E-state index in [1.165, 1.54) is 0 Å². The van der Waals surface area contributed by atoms with Gasteiger partial charge in [-0.05, 0) is 42.0 Å². The molecule has 3 rings (SSSR count). The van der Waals surface area contributed by atoms with Crippen molar-refractivity contribution >= 4 is 50.3 Å². The second-order valence-electron chi connectivity index (χ2n) is 4.44. The number of rotatable bonds is 3. The van der Waals surface area contributed by atoms with Crippen LogP contribution in [0.4, 0.5) is 0 Å². The summed E-state index contributed by atoms with van der Waals surface area (Å²) in [6.07, 6.45) is 1.75. The number of nitrogens with one attached hydrogen (secondary N) is 1. The van der Waals surface area contributed by atoms with E-state index >= 15 is 0 Å². The molecule has 0 atom stereocenters. The highest BCUT2D eigenvalue weighted by Gasteiger charge is 2.10. The Hall–Kier alpha value is -1.57. The summed E-state index contributed by atoms with van der Waals surface area (Å²) in [6.45, 7) is 0. The maximum absolute atomic E-state index is 5.26. The molecule has 0 amide bonds. The highest BCUT2D eigenvalue weighted by Crippen LogP contribution is 2.26. The van der Waals surface area contributed by atoms with Crippen LogP contribution in [0, 0.1) is 4.77 Å².